The molecule has 6 heteroatoms. The van der Waals surface area contributed by atoms with Gasteiger partial charge in [0.25, 0.3) is 0 Å². The van der Waals surface area contributed by atoms with E-state index in [9.17, 15) is 4.79 Å². The predicted octanol–water partition coefficient (Wildman–Crippen LogP) is 5.01. The van der Waals surface area contributed by atoms with Crippen LogP contribution in [0.3, 0.4) is 0 Å². The zero-order valence-electron chi connectivity index (χ0n) is 17.0. The van der Waals surface area contributed by atoms with Crippen LogP contribution in [-0.2, 0) is 18.4 Å². The molecule has 0 unspecified atom stereocenters. The van der Waals surface area contributed by atoms with Crippen LogP contribution in [0.5, 0.6) is 0 Å². The lowest BCUT2D eigenvalue weighted by Crippen LogP contribution is -2.57. The maximum atomic E-state index is 12.7. The van der Waals surface area contributed by atoms with E-state index in [1.165, 1.54) is 0 Å². The Kier molecular flexibility index (Phi) is 5.49. The summed E-state index contributed by atoms with van der Waals surface area (Å²) in [5, 5.41) is 0. The zero-order chi connectivity index (χ0) is 19.1. The first-order valence-electron chi connectivity index (χ1n) is 9.24. The van der Waals surface area contributed by atoms with E-state index < -0.39 is 27.7 Å². The van der Waals surface area contributed by atoms with Crippen molar-refractivity contribution in [1.29, 1.82) is 0 Å². The van der Waals surface area contributed by atoms with E-state index in [-0.39, 0.29) is 5.97 Å². The molecule has 25 heavy (non-hydrogen) atoms. The van der Waals surface area contributed by atoms with E-state index in [1.807, 2.05) is 13.0 Å². The Labute approximate surface area is 154 Å². The van der Waals surface area contributed by atoms with Crippen LogP contribution in [0.15, 0.2) is 24.0 Å². The Bertz CT molecular complexity index is 585. The Morgan fingerprint density at radius 3 is 2.36 bits per heavy atom. The van der Waals surface area contributed by atoms with Gasteiger partial charge in [0.1, 0.15) is 17.6 Å². The molecule has 2 rings (SSSR count). The molecule has 0 bridgehead atoms. The van der Waals surface area contributed by atoms with Crippen molar-refractivity contribution in [2.24, 2.45) is 5.41 Å². The number of allylic oxidation sites excluding steroid dienone is 2. The third-order valence-corrected chi connectivity index (χ3v) is 6.75. The number of rotatable bonds is 7. The minimum atomic E-state index is -1.92. The molecule has 0 spiro atoms. The molecule has 2 atom stereocenters. The van der Waals surface area contributed by atoms with Crippen molar-refractivity contribution in [2.45, 2.75) is 77.5 Å². The fourth-order valence-electron chi connectivity index (χ4n) is 3.91. The van der Waals surface area contributed by atoms with E-state index in [0.29, 0.717) is 13.0 Å². The first-order valence-corrected chi connectivity index (χ1v) is 16.1. The standard InChI is InChI=1S/C19H34O4Si2/c1-9-10-11-15-16(22-24(3,4)5)12-13-18(2)17(20)21-14-19(15,18)23-25(6,7)8/h9H,1,10-14H2,2-8H3/t18-,19+/m1/s1. The quantitative estimate of drug-likeness (QED) is 0.353. The minimum Gasteiger partial charge on any atom is -0.547 e. The molecule has 0 saturated carbocycles. The molecular formula is C19H34O4Si2. The molecule has 0 amide bonds. The van der Waals surface area contributed by atoms with Crippen molar-refractivity contribution in [2.75, 3.05) is 6.61 Å². The van der Waals surface area contributed by atoms with Gasteiger partial charge in [-0.1, -0.05) is 6.08 Å². The van der Waals surface area contributed by atoms with Crippen LogP contribution in [-0.4, -0.2) is 34.8 Å². The lowest BCUT2D eigenvalue weighted by molar-refractivity contribution is -0.147. The number of cyclic esters (lactones) is 1. The number of esters is 1. The van der Waals surface area contributed by atoms with E-state index in [4.69, 9.17) is 13.6 Å². The van der Waals surface area contributed by atoms with Gasteiger partial charge in [0.05, 0.1) is 5.76 Å². The summed E-state index contributed by atoms with van der Waals surface area (Å²) < 4.78 is 18.8. The summed E-state index contributed by atoms with van der Waals surface area (Å²) in [5.74, 6) is 0.906. The van der Waals surface area contributed by atoms with Crippen LogP contribution >= 0.6 is 0 Å². The number of carbonyl (C=O) groups is 1. The van der Waals surface area contributed by atoms with Crippen molar-refractivity contribution in [3.8, 4) is 0 Å². The first kappa shape index (κ1) is 20.5. The molecule has 1 heterocycles. The van der Waals surface area contributed by atoms with Gasteiger partial charge in [0.15, 0.2) is 8.32 Å². The maximum Gasteiger partial charge on any atom is 0.315 e. The molecule has 0 aromatic rings. The van der Waals surface area contributed by atoms with Crippen LogP contribution in [0.1, 0.15) is 32.6 Å². The highest BCUT2D eigenvalue weighted by atomic mass is 28.4. The van der Waals surface area contributed by atoms with Gasteiger partial charge in [-0.05, 0) is 65.5 Å². The van der Waals surface area contributed by atoms with Crippen LogP contribution in [0.25, 0.3) is 0 Å². The molecule has 0 radical (unpaired) electrons. The Morgan fingerprint density at radius 2 is 1.84 bits per heavy atom. The number of fused-ring (bicyclic) bond motifs is 1. The molecule has 142 valence electrons. The molecule has 1 saturated heterocycles. The third kappa shape index (κ3) is 3.96. The summed E-state index contributed by atoms with van der Waals surface area (Å²) in [5.41, 5.74) is -0.183. The van der Waals surface area contributed by atoms with Crippen LogP contribution in [0.4, 0.5) is 0 Å². The van der Waals surface area contributed by atoms with Crippen molar-refractivity contribution >= 4 is 22.6 Å². The van der Waals surface area contributed by atoms with Crippen LogP contribution < -0.4 is 0 Å². The van der Waals surface area contributed by atoms with Crippen LogP contribution in [0.2, 0.25) is 39.3 Å². The molecular weight excluding hydrogens is 348 g/mol. The van der Waals surface area contributed by atoms with Crippen molar-refractivity contribution in [3.05, 3.63) is 24.0 Å². The summed E-state index contributed by atoms with van der Waals surface area (Å²) in [6, 6.07) is 0. The maximum absolute atomic E-state index is 12.7. The monoisotopic (exact) mass is 382 g/mol. The van der Waals surface area contributed by atoms with Crippen LogP contribution in [0, 0.1) is 5.41 Å². The normalized spacial score (nSPS) is 30.1. The molecule has 0 aromatic heterocycles. The SMILES string of the molecule is C=CCCC1=C(O[Si](C)(C)C)CC[C@]2(C)C(=O)OC[C@]12O[Si](C)(C)C. The number of ether oxygens (including phenoxy) is 1. The Balaban J connectivity index is 2.62. The van der Waals surface area contributed by atoms with Gasteiger partial charge in [0, 0.05) is 12.0 Å². The highest BCUT2D eigenvalue weighted by Crippen LogP contribution is 2.56. The van der Waals surface area contributed by atoms with E-state index in [0.717, 1.165) is 30.6 Å². The third-order valence-electron chi connectivity index (χ3n) is 4.93. The van der Waals surface area contributed by atoms with Gasteiger partial charge >= 0.3 is 5.97 Å². The van der Waals surface area contributed by atoms with Gasteiger partial charge in [-0.3, -0.25) is 4.79 Å². The Hall–Kier alpha value is -0.856. The second-order valence-corrected chi connectivity index (χ2v) is 18.3. The lowest BCUT2D eigenvalue weighted by atomic mass is 9.64. The molecule has 1 aliphatic carbocycles. The molecule has 0 aromatic carbocycles. The smallest absolute Gasteiger partial charge is 0.315 e. The Morgan fingerprint density at radius 1 is 1.20 bits per heavy atom. The highest BCUT2D eigenvalue weighted by Gasteiger charge is 2.65. The molecule has 1 aliphatic heterocycles. The zero-order valence-corrected chi connectivity index (χ0v) is 19.0. The van der Waals surface area contributed by atoms with Gasteiger partial charge in [-0.25, -0.2) is 0 Å². The predicted molar refractivity (Wildman–Crippen MR) is 106 cm³/mol. The van der Waals surface area contributed by atoms with Gasteiger partial charge < -0.3 is 13.6 Å². The average molecular weight is 383 g/mol. The molecule has 2 aliphatic rings. The summed E-state index contributed by atoms with van der Waals surface area (Å²) in [6.45, 7) is 19.3. The van der Waals surface area contributed by atoms with Gasteiger partial charge in [-0.2, -0.15) is 0 Å². The fraction of sp³-hybridized carbons (Fsp3) is 0.737. The topological polar surface area (TPSA) is 44.8 Å². The lowest BCUT2D eigenvalue weighted by Gasteiger charge is -2.49. The summed E-state index contributed by atoms with van der Waals surface area (Å²) in [6.07, 6.45) is 5.06. The van der Waals surface area contributed by atoms with Crippen molar-refractivity contribution in [3.63, 3.8) is 0 Å². The molecule has 1 fully saturated rings. The summed E-state index contributed by atoms with van der Waals surface area (Å²) in [7, 11) is -3.68. The molecule has 0 N–H and O–H groups in total. The molecule has 4 nitrogen and oxygen atoms in total. The largest absolute Gasteiger partial charge is 0.547 e. The average Bonchev–Trinajstić information content (AvgIpc) is 2.68. The summed E-state index contributed by atoms with van der Waals surface area (Å²) >= 11 is 0. The summed E-state index contributed by atoms with van der Waals surface area (Å²) in [4.78, 5) is 12.7. The number of hydrogen-bond acceptors (Lipinski definition) is 4. The number of hydrogen-bond donors (Lipinski definition) is 0. The first-order chi connectivity index (χ1) is 11.3. The second kappa shape index (κ2) is 6.70. The second-order valence-electron chi connectivity index (χ2n) is 9.39. The van der Waals surface area contributed by atoms with E-state index >= 15 is 0 Å². The number of carbonyl (C=O) groups excluding carboxylic acids is 1. The van der Waals surface area contributed by atoms with E-state index in [1.54, 1.807) is 0 Å². The highest BCUT2D eigenvalue weighted by molar-refractivity contribution is 6.70. The van der Waals surface area contributed by atoms with Crippen molar-refractivity contribution in [1.82, 2.24) is 0 Å². The van der Waals surface area contributed by atoms with Gasteiger partial charge in [0.2, 0.25) is 8.32 Å². The fourth-order valence-corrected chi connectivity index (χ4v) is 6.33. The van der Waals surface area contributed by atoms with Gasteiger partial charge in [-0.15, -0.1) is 6.58 Å². The van der Waals surface area contributed by atoms with Crippen molar-refractivity contribution < 1.29 is 18.4 Å². The van der Waals surface area contributed by atoms with E-state index in [2.05, 4.69) is 45.9 Å². The minimum absolute atomic E-state index is 0.131.